The normalized spacial score (nSPS) is 25.8. The summed E-state index contributed by atoms with van der Waals surface area (Å²) >= 11 is 0. The molecule has 0 aromatic heterocycles. The molecule has 96 valence electrons. The van der Waals surface area contributed by atoms with Gasteiger partial charge in [-0.25, -0.2) is 0 Å². The summed E-state index contributed by atoms with van der Waals surface area (Å²) in [7, 11) is 1.63. The van der Waals surface area contributed by atoms with Crippen LogP contribution in [-0.4, -0.2) is 46.7 Å². The zero-order chi connectivity index (χ0) is 13.3. The molecule has 5 heteroatoms. The van der Waals surface area contributed by atoms with Crippen LogP contribution in [0.25, 0.3) is 0 Å². The Bertz CT molecular complexity index is 352. The lowest BCUT2D eigenvalue weighted by atomic mass is 9.97. The van der Waals surface area contributed by atoms with Gasteiger partial charge >= 0.3 is 0 Å². The molecule has 1 heterocycles. The molecule has 5 nitrogen and oxygen atoms in total. The second-order valence-corrected chi connectivity index (χ2v) is 5.00. The highest BCUT2D eigenvalue weighted by Crippen LogP contribution is 2.21. The molecule has 0 spiro atoms. The summed E-state index contributed by atoms with van der Waals surface area (Å²) in [6, 6.07) is -1.20. The number of hydrogen-bond donors (Lipinski definition) is 0. The van der Waals surface area contributed by atoms with Gasteiger partial charge in [-0.3, -0.25) is 19.3 Å². The molecule has 3 amide bonds. The van der Waals surface area contributed by atoms with E-state index in [4.69, 9.17) is 0 Å². The highest BCUT2D eigenvalue weighted by Gasteiger charge is 2.43. The number of carbonyl (C=O) groups is 3. The average Bonchev–Trinajstić information content (AvgIpc) is 2.21. The topological polar surface area (TPSA) is 57.7 Å². The lowest BCUT2D eigenvalue weighted by molar-refractivity contribution is -0.165. The van der Waals surface area contributed by atoms with Crippen LogP contribution in [0.1, 0.15) is 34.1 Å². The Morgan fingerprint density at radius 1 is 1.29 bits per heavy atom. The number of imide groups is 1. The van der Waals surface area contributed by atoms with Gasteiger partial charge in [0, 0.05) is 14.0 Å². The smallest absolute Gasteiger partial charge is 0.252 e. The molecule has 0 aromatic rings. The van der Waals surface area contributed by atoms with E-state index in [9.17, 15) is 14.4 Å². The van der Waals surface area contributed by atoms with E-state index in [-0.39, 0.29) is 17.7 Å². The first-order chi connectivity index (χ1) is 7.77. The maximum absolute atomic E-state index is 12.2. The SMILES string of the molecule is CC(=O)N1C(=O)[C@@H](CC(C)C)N(C)C(=O)[C@@H]1C. The number of amides is 3. The van der Waals surface area contributed by atoms with Crippen LogP contribution >= 0.6 is 0 Å². The summed E-state index contributed by atoms with van der Waals surface area (Å²) in [4.78, 5) is 38.1. The fraction of sp³-hybridized carbons (Fsp3) is 0.750. The molecule has 0 radical (unpaired) electrons. The molecular formula is C12H20N2O3. The third-order valence-corrected chi connectivity index (χ3v) is 3.12. The van der Waals surface area contributed by atoms with Crippen LogP contribution in [-0.2, 0) is 14.4 Å². The summed E-state index contributed by atoms with van der Waals surface area (Å²) in [5, 5.41) is 0. The van der Waals surface area contributed by atoms with Crippen molar-refractivity contribution in [2.75, 3.05) is 7.05 Å². The largest absolute Gasteiger partial charge is 0.332 e. The van der Waals surface area contributed by atoms with E-state index in [1.807, 2.05) is 13.8 Å². The highest BCUT2D eigenvalue weighted by atomic mass is 16.2. The van der Waals surface area contributed by atoms with Crippen molar-refractivity contribution in [3.05, 3.63) is 0 Å². The Kier molecular flexibility index (Phi) is 3.91. The fourth-order valence-corrected chi connectivity index (χ4v) is 2.21. The van der Waals surface area contributed by atoms with Crippen molar-refractivity contribution in [2.24, 2.45) is 5.92 Å². The summed E-state index contributed by atoms with van der Waals surface area (Å²) in [5.41, 5.74) is 0. The molecule has 1 aliphatic rings. The molecule has 1 fully saturated rings. The van der Waals surface area contributed by atoms with Gasteiger partial charge < -0.3 is 4.90 Å². The number of carbonyl (C=O) groups excluding carboxylic acids is 3. The van der Waals surface area contributed by atoms with Crippen LogP contribution in [0.2, 0.25) is 0 Å². The molecule has 0 bridgehead atoms. The molecule has 1 aliphatic heterocycles. The Morgan fingerprint density at radius 2 is 1.82 bits per heavy atom. The van der Waals surface area contributed by atoms with Crippen LogP contribution in [0.4, 0.5) is 0 Å². The average molecular weight is 240 g/mol. The number of piperazine rings is 1. The van der Waals surface area contributed by atoms with E-state index in [1.165, 1.54) is 11.8 Å². The molecule has 0 unspecified atom stereocenters. The van der Waals surface area contributed by atoms with Crippen LogP contribution in [0.3, 0.4) is 0 Å². The minimum Gasteiger partial charge on any atom is -0.332 e. The van der Waals surface area contributed by atoms with Gasteiger partial charge in [0.05, 0.1) is 0 Å². The Hall–Kier alpha value is -1.39. The van der Waals surface area contributed by atoms with Crippen molar-refractivity contribution in [2.45, 2.75) is 46.2 Å². The Balaban J connectivity index is 3.03. The van der Waals surface area contributed by atoms with Gasteiger partial charge in [-0.15, -0.1) is 0 Å². The lowest BCUT2D eigenvalue weighted by Gasteiger charge is -2.41. The van der Waals surface area contributed by atoms with E-state index in [0.29, 0.717) is 12.3 Å². The molecule has 0 aliphatic carbocycles. The van der Waals surface area contributed by atoms with E-state index in [2.05, 4.69) is 0 Å². The predicted molar refractivity (Wildman–Crippen MR) is 63.0 cm³/mol. The third kappa shape index (κ3) is 2.48. The quantitative estimate of drug-likeness (QED) is 0.711. The van der Waals surface area contributed by atoms with Gasteiger partial charge in [-0.2, -0.15) is 0 Å². The molecular weight excluding hydrogens is 220 g/mol. The molecule has 17 heavy (non-hydrogen) atoms. The Labute approximate surface area is 102 Å². The van der Waals surface area contributed by atoms with Gasteiger partial charge in [0.25, 0.3) is 5.91 Å². The van der Waals surface area contributed by atoms with Crippen LogP contribution in [0.5, 0.6) is 0 Å². The minimum absolute atomic E-state index is 0.176. The number of likely N-dealkylation sites (N-methyl/N-ethyl adjacent to an activating group) is 1. The van der Waals surface area contributed by atoms with Crippen molar-refractivity contribution in [1.29, 1.82) is 0 Å². The van der Waals surface area contributed by atoms with Crippen molar-refractivity contribution in [3.63, 3.8) is 0 Å². The standard InChI is InChI=1S/C12H20N2O3/c1-7(2)6-10-12(17)14(9(4)15)8(3)11(16)13(10)5/h7-8,10H,6H2,1-5H3/t8-,10+/m0/s1. The summed E-state index contributed by atoms with van der Waals surface area (Å²) in [6.07, 6.45) is 0.581. The van der Waals surface area contributed by atoms with E-state index in [1.54, 1.807) is 14.0 Å². The van der Waals surface area contributed by atoms with Crippen LogP contribution in [0, 0.1) is 5.92 Å². The molecule has 2 atom stereocenters. The molecule has 1 saturated heterocycles. The zero-order valence-electron chi connectivity index (χ0n) is 11.1. The number of rotatable bonds is 2. The highest BCUT2D eigenvalue weighted by molar-refractivity contribution is 6.05. The number of nitrogens with zero attached hydrogens (tertiary/aromatic N) is 2. The maximum Gasteiger partial charge on any atom is 0.252 e. The first-order valence-electron chi connectivity index (χ1n) is 5.87. The zero-order valence-corrected chi connectivity index (χ0v) is 11.1. The molecule has 0 N–H and O–H groups in total. The summed E-state index contributed by atoms with van der Waals surface area (Å²) < 4.78 is 0. The van der Waals surface area contributed by atoms with Gasteiger partial charge in [0.15, 0.2) is 0 Å². The predicted octanol–water partition coefficient (Wildman–Crippen LogP) is 0.637. The van der Waals surface area contributed by atoms with E-state index >= 15 is 0 Å². The number of hydrogen-bond acceptors (Lipinski definition) is 3. The molecule has 1 rings (SSSR count). The van der Waals surface area contributed by atoms with Gasteiger partial charge in [-0.1, -0.05) is 13.8 Å². The van der Waals surface area contributed by atoms with E-state index in [0.717, 1.165) is 4.90 Å². The molecule has 0 saturated carbocycles. The maximum atomic E-state index is 12.2. The van der Waals surface area contributed by atoms with Crippen LogP contribution < -0.4 is 0 Å². The Morgan fingerprint density at radius 3 is 2.24 bits per heavy atom. The summed E-state index contributed by atoms with van der Waals surface area (Å²) in [6.45, 7) is 6.88. The van der Waals surface area contributed by atoms with Gasteiger partial charge in [0.1, 0.15) is 12.1 Å². The van der Waals surface area contributed by atoms with Crippen molar-refractivity contribution < 1.29 is 14.4 Å². The van der Waals surface area contributed by atoms with Crippen molar-refractivity contribution in [3.8, 4) is 0 Å². The van der Waals surface area contributed by atoms with Crippen molar-refractivity contribution in [1.82, 2.24) is 9.80 Å². The first kappa shape index (κ1) is 13.7. The minimum atomic E-state index is -0.687. The van der Waals surface area contributed by atoms with E-state index < -0.39 is 12.1 Å². The second kappa shape index (κ2) is 4.85. The fourth-order valence-electron chi connectivity index (χ4n) is 2.21. The van der Waals surface area contributed by atoms with Crippen LogP contribution in [0.15, 0.2) is 0 Å². The molecule has 0 aromatic carbocycles. The van der Waals surface area contributed by atoms with Gasteiger partial charge in [0.2, 0.25) is 11.8 Å². The van der Waals surface area contributed by atoms with Gasteiger partial charge in [-0.05, 0) is 19.3 Å². The second-order valence-electron chi connectivity index (χ2n) is 5.00. The lowest BCUT2D eigenvalue weighted by Crippen LogP contribution is -2.64. The monoisotopic (exact) mass is 240 g/mol. The first-order valence-corrected chi connectivity index (χ1v) is 5.87. The summed E-state index contributed by atoms with van der Waals surface area (Å²) in [5.74, 6) is -0.509. The third-order valence-electron chi connectivity index (χ3n) is 3.12. The van der Waals surface area contributed by atoms with Crippen molar-refractivity contribution >= 4 is 17.7 Å².